The van der Waals surface area contributed by atoms with Gasteiger partial charge < -0.3 is 9.64 Å². The lowest BCUT2D eigenvalue weighted by atomic mass is 10.1. The van der Waals surface area contributed by atoms with Crippen molar-refractivity contribution in [2.45, 2.75) is 19.3 Å². The molecule has 0 spiro atoms. The number of likely N-dealkylation sites (tertiary alicyclic amines) is 1. The molecule has 1 aromatic carbocycles. The van der Waals surface area contributed by atoms with Crippen molar-refractivity contribution in [2.24, 2.45) is 5.10 Å². The highest BCUT2D eigenvalue weighted by Gasteiger charge is 2.16. The maximum absolute atomic E-state index is 12.1. The summed E-state index contributed by atoms with van der Waals surface area (Å²) in [6.45, 7) is 1.70. The lowest BCUT2D eigenvalue weighted by Gasteiger charge is -2.26. The molecule has 1 fully saturated rings. The number of hydrazone groups is 1. The van der Waals surface area contributed by atoms with Crippen LogP contribution in [0.3, 0.4) is 0 Å². The highest BCUT2D eigenvalue weighted by molar-refractivity contribution is 5.94. The molecule has 0 atom stereocenters. The van der Waals surface area contributed by atoms with Crippen LogP contribution >= 0.6 is 0 Å². The average Bonchev–Trinajstić information content (AvgIpc) is 2.74. The third kappa shape index (κ3) is 5.64. The standard InChI is InChI=1S/C20H22N4O3/c25-19(24-12-2-1-3-13-24)15-27-18-6-4-16(5-7-18)14-22-23-20(26)17-8-10-21-11-9-17/h4-11,14H,1-3,12-13,15H2,(H,23,26)/b22-14+. The van der Waals surface area contributed by atoms with Gasteiger partial charge in [-0.3, -0.25) is 14.6 Å². The second kappa shape index (κ2) is 9.47. The first-order valence-electron chi connectivity index (χ1n) is 8.96. The first kappa shape index (κ1) is 18.6. The summed E-state index contributed by atoms with van der Waals surface area (Å²) < 4.78 is 5.57. The van der Waals surface area contributed by atoms with Crippen molar-refractivity contribution in [3.8, 4) is 5.75 Å². The lowest BCUT2D eigenvalue weighted by Crippen LogP contribution is -2.38. The minimum Gasteiger partial charge on any atom is -0.484 e. The van der Waals surface area contributed by atoms with E-state index in [9.17, 15) is 9.59 Å². The highest BCUT2D eigenvalue weighted by atomic mass is 16.5. The van der Waals surface area contributed by atoms with E-state index in [-0.39, 0.29) is 18.4 Å². The van der Waals surface area contributed by atoms with Gasteiger partial charge in [-0.15, -0.1) is 0 Å². The molecule has 2 aromatic rings. The molecule has 1 saturated heterocycles. The quantitative estimate of drug-likeness (QED) is 0.628. The third-order valence-electron chi connectivity index (χ3n) is 4.27. The van der Waals surface area contributed by atoms with E-state index >= 15 is 0 Å². The molecule has 0 saturated carbocycles. The summed E-state index contributed by atoms with van der Waals surface area (Å²) in [5.74, 6) is 0.349. The van der Waals surface area contributed by atoms with Gasteiger partial charge in [0, 0.05) is 31.0 Å². The average molecular weight is 366 g/mol. The summed E-state index contributed by atoms with van der Waals surface area (Å²) >= 11 is 0. The van der Waals surface area contributed by atoms with E-state index in [0.717, 1.165) is 31.5 Å². The smallest absolute Gasteiger partial charge is 0.271 e. The minimum atomic E-state index is -0.301. The van der Waals surface area contributed by atoms with Crippen LogP contribution in [0.2, 0.25) is 0 Å². The monoisotopic (exact) mass is 366 g/mol. The molecule has 1 aliphatic rings. The predicted molar refractivity (Wildman–Crippen MR) is 102 cm³/mol. The minimum absolute atomic E-state index is 0.0270. The maximum atomic E-state index is 12.1. The summed E-state index contributed by atoms with van der Waals surface area (Å²) in [4.78, 5) is 29.7. The fourth-order valence-electron chi connectivity index (χ4n) is 2.76. The Kier molecular flexibility index (Phi) is 6.51. The number of aromatic nitrogens is 1. The van der Waals surface area contributed by atoms with Crippen LogP contribution in [0, 0.1) is 0 Å². The van der Waals surface area contributed by atoms with Gasteiger partial charge in [0.15, 0.2) is 6.61 Å². The van der Waals surface area contributed by atoms with Crippen molar-refractivity contribution in [2.75, 3.05) is 19.7 Å². The van der Waals surface area contributed by atoms with Crippen molar-refractivity contribution < 1.29 is 14.3 Å². The Balaban J connectivity index is 1.45. The Morgan fingerprint density at radius 1 is 1.07 bits per heavy atom. The molecule has 1 aliphatic heterocycles. The van der Waals surface area contributed by atoms with Gasteiger partial charge in [-0.1, -0.05) is 0 Å². The number of hydrogen-bond acceptors (Lipinski definition) is 5. The number of rotatable bonds is 6. The van der Waals surface area contributed by atoms with Gasteiger partial charge in [0.1, 0.15) is 5.75 Å². The molecule has 2 amide bonds. The summed E-state index contributed by atoms with van der Waals surface area (Å²) in [6.07, 6.45) is 7.97. The zero-order chi connectivity index (χ0) is 18.9. The summed E-state index contributed by atoms with van der Waals surface area (Å²) in [6, 6.07) is 10.4. The summed E-state index contributed by atoms with van der Waals surface area (Å²) in [5.41, 5.74) is 3.76. The molecule has 2 heterocycles. The van der Waals surface area contributed by atoms with Crippen LogP contribution in [-0.4, -0.2) is 47.6 Å². The van der Waals surface area contributed by atoms with E-state index in [4.69, 9.17) is 4.74 Å². The van der Waals surface area contributed by atoms with Crippen LogP contribution in [0.15, 0.2) is 53.9 Å². The molecule has 0 bridgehead atoms. The lowest BCUT2D eigenvalue weighted by molar-refractivity contribution is -0.134. The molecule has 1 aromatic heterocycles. The van der Waals surface area contributed by atoms with Gasteiger partial charge in [0.25, 0.3) is 11.8 Å². The van der Waals surface area contributed by atoms with Crippen molar-refractivity contribution in [1.82, 2.24) is 15.3 Å². The second-order valence-corrected chi connectivity index (χ2v) is 6.23. The van der Waals surface area contributed by atoms with E-state index in [1.807, 2.05) is 17.0 Å². The Hall–Kier alpha value is -3.22. The number of amides is 2. The number of carbonyl (C=O) groups is 2. The normalized spacial score (nSPS) is 14.1. The molecule has 0 unspecified atom stereocenters. The van der Waals surface area contributed by atoms with Crippen LogP contribution < -0.4 is 10.2 Å². The maximum Gasteiger partial charge on any atom is 0.271 e. The van der Waals surface area contributed by atoms with Crippen molar-refractivity contribution in [3.63, 3.8) is 0 Å². The predicted octanol–water partition coefficient (Wildman–Crippen LogP) is 2.24. The van der Waals surface area contributed by atoms with Crippen molar-refractivity contribution >= 4 is 18.0 Å². The number of nitrogens with zero attached hydrogens (tertiary/aromatic N) is 3. The van der Waals surface area contributed by atoms with Crippen LogP contribution in [0.5, 0.6) is 5.75 Å². The Labute approximate surface area is 158 Å². The molecule has 27 heavy (non-hydrogen) atoms. The van der Waals surface area contributed by atoms with Crippen LogP contribution in [0.1, 0.15) is 35.2 Å². The first-order valence-corrected chi connectivity index (χ1v) is 8.96. The van der Waals surface area contributed by atoms with Gasteiger partial charge in [0.2, 0.25) is 0 Å². The van der Waals surface area contributed by atoms with E-state index in [1.54, 1.807) is 42.9 Å². The molecule has 1 N–H and O–H groups in total. The number of benzene rings is 1. The fourth-order valence-corrected chi connectivity index (χ4v) is 2.76. The number of nitrogens with one attached hydrogen (secondary N) is 1. The van der Waals surface area contributed by atoms with Gasteiger partial charge in [0.05, 0.1) is 6.21 Å². The van der Waals surface area contributed by atoms with E-state index in [1.165, 1.54) is 6.42 Å². The fraction of sp³-hybridized carbons (Fsp3) is 0.300. The molecule has 7 heteroatoms. The molecule has 0 radical (unpaired) electrons. The topological polar surface area (TPSA) is 83.9 Å². The zero-order valence-corrected chi connectivity index (χ0v) is 15.0. The van der Waals surface area contributed by atoms with Crippen LogP contribution in [0.4, 0.5) is 0 Å². The second-order valence-electron chi connectivity index (χ2n) is 6.23. The largest absolute Gasteiger partial charge is 0.484 e. The summed E-state index contributed by atoms with van der Waals surface area (Å²) in [7, 11) is 0. The molecule has 0 aliphatic carbocycles. The molecular weight excluding hydrogens is 344 g/mol. The Morgan fingerprint density at radius 2 is 1.78 bits per heavy atom. The molecule has 7 nitrogen and oxygen atoms in total. The molecular formula is C20H22N4O3. The van der Waals surface area contributed by atoms with Gasteiger partial charge in [-0.25, -0.2) is 5.43 Å². The number of pyridine rings is 1. The number of carbonyl (C=O) groups excluding carboxylic acids is 2. The third-order valence-corrected chi connectivity index (χ3v) is 4.27. The molecule has 3 rings (SSSR count). The molecule has 140 valence electrons. The first-order chi connectivity index (χ1) is 13.2. The number of ether oxygens (including phenoxy) is 1. The van der Waals surface area contributed by atoms with Crippen LogP contribution in [-0.2, 0) is 4.79 Å². The number of hydrogen-bond donors (Lipinski definition) is 1. The van der Waals surface area contributed by atoms with Gasteiger partial charge >= 0.3 is 0 Å². The van der Waals surface area contributed by atoms with Gasteiger partial charge in [-0.05, 0) is 61.2 Å². The van der Waals surface area contributed by atoms with Gasteiger partial charge in [-0.2, -0.15) is 5.10 Å². The highest BCUT2D eigenvalue weighted by Crippen LogP contribution is 2.13. The SMILES string of the molecule is O=C(N/N=C/c1ccc(OCC(=O)N2CCCCC2)cc1)c1ccncc1. The van der Waals surface area contributed by atoms with E-state index in [0.29, 0.717) is 11.3 Å². The van der Waals surface area contributed by atoms with Crippen molar-refractivity contribution in [1.29, 1.82) is 0 Å². The Bertz CT molecular complexity index is 785. The summed E-state index contributed by atoms with van der Waals surface area (Å²) in [5, 5.41) is 3.94. The Morgan fingerprint density at radius 3 is 2.48 bits per heavy atom. The van der Waals surface area contributed by atoms with Crippen molar-refractivity contribution in [3.05, 3.63) is 59.9 Å². The zero-order valence-electron chi connectivity index (χ0n) is 15.0. The van der Waals surface area contributed by atoms with Crippen LogP contribution in [0.25, 0.3) is 0 Å². The van der Waals surface area contributed by atoms with E-state index < -0.39 is 0 Å². The van der Waals surface area contributed by atoms with E-state index in [2.05, 4.69) is 15.5 Å². The number of piperidine rings is 1.